The molecular weight excluding hydrogens is 294 g/mol. The first-order valence-corrected chi connectivity index (χ1v) is 8.73. The quantitative estimate of drug-likeness (QED) is 0.808. The summed E-state index contributed by atoms with van der Waals surface area (Å²) in [6.07, 6.45) is 6.52. The van der Waals surface area contributed by atoms with Crippen LogP contribution in [-0.2, 0) is 6.54 Å². The van der Waals surface area contributed by atoms with Gasteiger partial charge in [-0.3, -0.25) is 9.30 Å². The van der Waals surface area contributed by atoms with E-state index in [1.54, 1.807) is 11.3 Å². The van der Waals surface area contributed by atoms with E-state index in [-0.39, 0.29) is 0 Å². The second-order valence-electron chi connectivity index (χ2n) is 6.23. The minimum Gasteiger partial charge on any atom is -0.346 e. The number of hydrogen-bond acceptors (Lipinski definition) is 4. The minimum absolute atomic E-state index is 0.522. The van der Waals surface area contributed by atoms with Gasteiger partial charge in [-0.15, -0.1) is 11.3 Å². The SMILES string of the molecule is Cc1cnc([C@@H]2CCCN(Cc3c(C)nc4sccn34)C2)[nH]1. The first-order valence-electron chi connectivity index (χ1n) is 7.85. The summed E-state index contributed by atoms with van der Waals surface area (Å²) < 4.78 is 2.24. The van der Waals surface area contributed by atoms with E-state index in [1.165, 1.54) is 18.5 Å². The highest BCUT2D eigenvalue weighted by atomic mass is 32.1. The Bertz CT molecular complexity index is 784. The maximum atomic E-state index is 4.66. The lowest BCUT2D eigenvalue weighted by molar-refractivity contribution is 0.194. The molecule has 0 saturated carbocycles. The van der Waals surface area contributed by atoms with E-state index in [0.717, 1.165) is 41.8 Å². The van der Waals surface area contributed by atoms with Crippen LogP contribution in [0.5, 0.6) is 0 Å². The van der Waals surface area contributed by atoms with Gasteiger partial charge in [0, 0.05) is 42.5 Å². The summed E-state index contributed by atoms with van der Waals surface area (Å²) in [5.41, 5.74) is 3.63. The molecule has 0 amide bonds. The summed E-state index contributed by atoms with van der Waals surface area (Å²) in [6.45, 7) is 7.39. The monoisotopic (exact) mass is 315 g/mol. The molecule has 0 bridgehead atoms. The molecule has 6 heteroatoms. The zero-order chi connectivity index (χ0) is 15.1. The van der Waals surface area contributed by atoms with Crippen molar-refractivity contribution in [2.75, 3.05) is 13.1 Å². The Morgan fingerprint density at radius 1 is 1.41 bits per heavy atom. The molecule has 1 aliphatic heterocycles. The van der Waals surface area contributed by atoms with Gasteiger partial charge in [0.2, 0.25) is 0 Å². The van der Waals surface area contributed by atoms with Crippen LogP contribution in [0.15, 0.2) is 17.8 Å². The Morgan fingerprint density at radius 3 is 3.14 bits per heavy atom. The molecule has 5 nitrogen and oxygen atoms in total. The fraction of sp³-hybridized carbons (Fsp3) is 0.500. The van der Waals surface area contributed by atoms with Gasteiger partial charge in [-0.2, -0.15) is 0 Å². The second kappa shape index (κ2) is 5.52. The third kappa shape index (κ3) is 2.46. The lowest BCUT2D eigenvalue weighted by Gasteiger charge is -2.31. The maximum absolute atomic E-state index is 4.66. The average Bonchev–Trinajstić information content (AvgIpc) is 3.19. The average molecular weight is 315 g/mol. The topological polar surface area (TPSA) is 49.2 Å². The van der Waals surface area contributed by atoms with Gasteiger partial charge >= 0.3 is 0 Å². The van der Waals surface area contributed by atoms with Crippen LogP contribution in [0.3, 0.4) is 0 Å². The molecule has 1 N–H and O–H groups in total. The van der Waals surface area contributed by atoms with Gasteiger partial charge in [0.25, 0.3) is 0 Å². The normalized spacial score (nSPS) is 20.0. The van der Waals surface area contributed by atoms with Gasteiger partial charge < -0.3 is 4.98 Å². The largest absolute Gasteiger partial charge is 0.346 e. The molecule has 0 aromatic carbocycles. The third-order valence-electron chi connectivity index (χ3n) is 4.55. The number of rotatable bonds is 3. The zero-order valence-electron chi connectivity index (χ0n) is 13.0. The van der Waals surface area contributed by atoms with Gasteiger partial charge in [-0.05, 0) is 33.2 Å². The number of imidazole rings is 2. The molecule has 1 aliphatic rings. The number of nitrogens with zero attached hydrogens (tertiary/aromatic N) is 4. The number of fused-ring (bicyclic) bond motifs is 1. The molecule has 0 radical (unpaired) electrons. The highest BCUT2D eigenvalue weighted by molar-refractivity contribution is 7.15. The predicted octanol–water partition coefficient (Wildman–Crippen LogP) is 3.12. The number of thiazole rings is 1. The van der Waals surface area contributed by atoms with Gasteiger partial charge in [-0.25, -0.2) is 9.97 Å². The summed E-state index contributed by atoms with van der Waals surface area (Å²) in [6, 6.07) is 0. The van der Waals surface area contributed by atoms with Crippen LogP contribution in [0.1, 0.15) is 41.7 Å². The lowest BCUT2D eigenvalue weighted by atomic mass is 9.97. The van der Waals surface area contributed by atoms with Crippen LogP contribution in [0.2, 0.25) is 0 Å². The van der Waals surface area contributed by atoms with Crippen LogP contribution in [0.25, 0.3) is 4.96 Å². The van der Waals surface area contributed by atoms with Crippen molar-refractivity contribution >= 4 is 16.3 Å². The van der Waals surface area contributed by atoms with Crippen LogP contribution < -0.4 is 0 Å². The van der Waals surface area contributed by atoms with Crippen molar-refractivity contribution in [2.45, 2.75) is 39.2 Å². The van der Waals surface area contributed by atoms with Crippen molar-refractivity contribution in [1.29, 1.82) is 0 Å². The third-order valence-corrected chi connectivity index (χ3v) is 5.31. The maximum Gasteiger partial charge on any atom is 0.194 e. The molecule has 0 unspecified atom stereocenters. The summed E-state index contributed by atoms with van der Waals surface area (Å²) in [5.74, 6) is 1.67. The van der Waals surface area contributed by atoms with E-state index in [1.807, 2.05) is 6.20 Å². The lowest BCUT2D eigenvalue weighted by Crippen LogP contribution is -2.34. The highest BCUT2D eigenvalue weighted by Crippen LogP contribution is 2.27. The number of piperidine rings is 1. The molecular formula is C16H21N5S. The minimum atomic E-state index is 0.522. The number of aromatic nitrogens is 4. The Morgan fingerprint density at radius 2 is 2.32 bits per heavy atom. The van der Waals surface area contributed by atoms with Crippen LogP contribution in [0, 0.1) is 13.8 Å². The zero-order valence-corrected chi connectivity index (χ0v) is 13.9. The number of likely N-dealkylation sites (tertiary alicyclic amines) is 1. The Hall–Kier alpha value is -1.66. The summed E-state index contributed by atoms with van der Waals surface area (Å²) in [5, 5.41) is 2.11. The van der Waals surface area contributed by atoms with Crippen molar-refractivity contribution in [3.63, 3.8) is 0 Å². The second-order valence-corrected chi connectivity index (χ2v) is 7.10. The molecule has 22 heavy (non-hydrogen) atoms. The molecule has 4 rings (SSSR count). The number of aryl methyl sites for hydroxylation is 2. The van der Waals surface area contributed by atoms with E-state index in [9.17, 15) is 0 Å². The molecule has 3 aromatic heterocycles. The fourth-order valence-corrected chi connectivity index (χ4v) is 4.18. The Kier molecular flexibility index (Phi) is 3.50. The standard InChI is InChI=1S/C16H21N5S/c1-11-8-17-15(18-11)13-4-3-5-20(9-13)10-14-12(2)19-16-21(14)6-7-22-16/h6-8,13H,3-5,9-10H2,1-2H3,(H,17,18)/t13-/m1/s1. The number of hydrogen-bond donors (Lipinski definition) is 1. The molecule has 3 aromatic rings. The van der Waals surface area contributed by atoms with E-state index in [0.29, 0.717) is 5.92 Å². The van der Waals surface area contributed by atoms with Crippen LogP contribution in [-0.4, -0.2) is 37.3 Å². The smallest absolute Gasteiger partial charge is 0.194 e. The van der Waals surface area contributed by atoms with Gasteiger partial charge in [-0.1, -0.05) is 0 Å². The van der Waals surface area contributed by atoms with Gasteiger partial charge in [0.1, 0.15) is 5.82 Å². The van der Waals surface area contributed by atoms with Crippen molar-refractivity contribution in [2.24, 2.45) is 0 Å². The van der Waals surface area contributed by atoms with Gasteiger partial charge in [0.15, 0.2) is 4.96 Å². The predicted molar refractivity (Wildman–Crippen MR) is 88.4 cm³/mol. The molecule has 4 heterocycles. The summed E-state index contributed by atoms with van der Waals surface area (Å²) in [4.78, 5) is 16.2. The van der Waals surface area contributed by atoms with Crippen LogP contribution >= 0.6 is 11.3 Å². The fourth-order valence-electron chi connectivity index (χ4n) is 3.41. The van der Waals surface area contributed by atoms with Crippen molar-refractivity contribution in [1.82, 2.24) is 24.3 Å². The summed E-state index contributed by atoms with van der Waals surface area (Å²) in [7, 11) is 0. The van der Waals surface area contributed by atoms with E-state index in [4.69, 9.17) is 0 Å². The Labute approximate surface area is 134 Å². The van der Waals surface area contributed by atoms with E-state index >= 15 is 0 Å². The van der Waals surface area contributed by atoms with Crippen molar-refractivity contribution < 1.29 is 0 Å². The van der Waals surface area contributed by atoms with E-state index < -0.39 is 0 Å². The van der Waals surface area contributed by atoms with Crippen molar-refractivity contribution in [3.8, 4) is 0 Å². The molecule has 1 atom stereocenters. The molecule has 116 valence electrons. The number of aromatic amines is 1. The molecule has 0 spiro atoms. The highest BCUT2D eigenvalue weighted by Gasteiger charge is 2.24. The molecule has 1 fully saturated rings. The Balaban J connectivity index is 1.53. The van der Waals surface area contributed by atoms with Crippen molar-refractivity contribution in [3.05, 3.63) is 40.7 Å². The molecule has 0 aliphatic carbocycles. The van der Waals surface area contributed by atoms with E-state index in [2.05, 4.69) is 49.7 Å². The van der Waals surface area contributed by atoms with Gasteiger partial charge in [0.05, 0.1) is 11.4 Å². The first-order chi connectivity index (χ1) is 10.7. The molecule has 1 saturated heterocycles. The first kappa shape index (κ1) is 14.0. The summed E-state index contributed by atoms with van der Waals surface area (Å²) >= 11 is 1.70. The number of H-pyrrole nitrogens is 1. The van der Waals surface area contributed by atoms with Crippen LogP contribution in [0.4, 0.5) is 0 Å². The number of nitrogens with one attached hydrogen (secondary N) is 1.